The van der Waals surface area contributed by atoms with Crippen molar-refractivity contribution in [3.8, 4) is 11.4 Å². The minimum atomic E-state index is 0.600. The Morgan fingerprint density at radius 3 is 3.00 bits per heavy atom. The second kappa shape index (κ2) is 6.50. The highest BCUT2D eigenvalue weighted by Gasteiger charge is 2.15. The van der Waals surface area contributed by atoms with E-state index >= 15 is 0 Å². The summed E-state index contributed by atoms with van der Waals surface area (Å²) < 4.78 is 6.34. The first-order valence-corrected chi connectivity index (χ1v) is 7.93. The maximum absolute atomic E-state index is 5.36. The lowest BCUT2D eigenvalue weighted by molar-refractivity contribution is 0.342. The summed E-state index contributed by atoms with van der Waals surface area (Å²) in [6, 6.07) is 8.52. The van der Waals surface area contributed by atoms with E-state index in [9.17, 15) is 0 Å². The van der Waals surface area contributed by atoms with Crippen LogP contribution in [-0.2, 0) is 6.42 Å². The highest BCUT2D eigenvalue weighted by Crippen LogP contribution is 2.25. The van der Waals surface area contributed by atoms with Crippen molar-refractivity contribution in [2.24, 2.45) is 0 Å². The van der Waals surface area contributed by atoms with Crippen LogP contribution < -0.4 is 5.32 Å². The van der Waals surface area contributed by atoms with Crippen molar-refractivity contribution < 1.29 is 4.52 Å². The molecule has 1 aromatic carbocycles. The summed E-state index contributed by atoms with van der Waals surface area (Å²) in [5, 5.41) is 7.61. The van der Waals surface area contributed by atoms with Crippen molar-refractivity contribution in [2.75, 3.05) is 6.54 Å². The maximum Gasteiger partial charge on any atom is 0.227 e. The fourth-order valence-electron chi connectivity index (χ4n) is 2.58. The smallest absolute Gasteiger partial charge is 0.227 e. The highest BCUT2D eigenvalue weighted by atomic mass is 79.9. The molecule has 2 aromatic rings. The number of halogens is 1. The molecular formula is C15H18BrN3O. The van der Waals surface area contributed by atoms with E-state index in [1.165, 1.54) is 19.3 Å². The Hall–Kier alpha value is -1.20. The van der Waals surface area contributed by atoms with Gasteiger partial charge in [0.15, 0.2) is 0 Å². The van der Waals surface area contributed by atoms with Crippen LogP contribution in [0.3, 0.4) is 0 Å². The molecule has 1 saturated heterocycles. The van der Waals surface area contributed by atoms with Gasteiger partial charge in [0.05, 0.1) is 0 Å². The van der Waals surface area contributed by atoms with Gasteiger partial charge in [0.1, 0.15) is 0 Å². The second-order valence-electron chi connectivity index (χ2n) is 5.18. The summed E-state index contributed by atoms with van der Waals surface area (Å²) in [6.07, 6.45) is 5.78. The number of aryl methyl sites for hydroxylation is 1. The topological polar surface area (TPSA) is 51.0 Å². The van der Waals surface area contributed by atoms with Crippen LogP contribution in [0.25, 0.3) is 11.4 Å². The number of hydrogen-bond donors (Lipinski definition) is 1. The fraction of sp³-hybridized carbons (Fsp3) is 0.467. The van der Waals surface area contributed by atoms with E-state index in [4.69, 9.17) is 4.52 Å². The molecule has 3 rings (SSSR count). The van der Waals surface area contributed by atoms with Crippen LogP contribution in [0.1, 0.15) is 31.6 Å². The molecule has 1 N–H and O–H groups in total. The first-order chi connectivity index (χ1) is 9.83. The molecule has 1 aromatic heterocycles. The van der Waals surface area contributed by atoms with Crippen molar-refractivity contribution in [3.63, 3.8) is 0 Å². The average Bonchev–Trinajstić information content (AvgIpc) is 2.95. The Labute approximate surface area is 127 Å². The number of benzene rings is 1. The van der Waals surface area contributed by atoms with Crippen LogP contribution in [0.2, 0.25) is 0 Å². The molecule has 1 fully saturated rings. The number of hydrogen-bond acceptors (Lipinski definition) is 4. The fourth-order valence-corrected chi connectivity index (χ4v) is 3.04. The van der Waals surface area contributed by atoms with Crippen LogP contribution >= 0.6 is 15.9 Å². The lowest BCUT2D eigenvalue weighted by Crippen LogP contribution is -2.34. The summed E-state index contributed by atoms with van der Waals surface area (Å²) in [5.74, 6) is 1.38. The first kappa shape index (κ1) is 13.8. The predicted molar refractivity (Wildman–Crippen MR) is 81.4 cm³/mol. The number of rotatable bonds is 4. The third-order valence-corrected chi connectivity index (χ3v) is 4.39. The molecule has 2 heterocycles. The van der Waals surface area contributed by atoms with Crippen LogP contribution in [0.4, 0.5) is 0 Å². The molecule has 0 spiro atoms. The minimum absolute atomic E-state index is 0.600. The van der Waals surface area contributed by atoms with Crippen LogP contribution in [0.5, 0.6) is 0 Å². The zero-order valence-electron chi connectivity index (χ0n) is 11.3. The minimum Gasteiger partial charge on any atom is -0.339 e. The lowest BCUT2D eigenvalue weighted by atomic mass is 10.0. The molecular weight excluding hydrogens is 318 g/mol. The Kier molecular flexibility index (Phi) is 4.47. The molecule has 0 saturated carbocycles. The Bertz CT molecular complexity index is 564. The standard InChI is InChI=1S/C15H18BrN3O/c16-13-7-2-1-6-12(13)15-18-14(20-19-15)9-8-11-5-3-4-10-17-11/h1-2,6-7,11,17H,3-5,8-10H2. The summed E-state index contributed by atoms with van der Waals surface area (Å²) in [6.45, 7) is 1.14. The molecule has 0 aliphatic carbocycles. The zero-order chi connectivity index (χ0) is 13.8. The van der Waals surface area contributed by atoms with Crippen molar-refractivity contribution >= 4 is 15.9 Å². The van der Waals surface area contributed by atoms with Gasteiger partial charge in [-0.15, -0.1) is 0 Å². The zero-order valence-corrected chi connectivity index (χ0v) is 12.9. The summed E-state index contributed by atoms with van der Waals surface area (Å²) in [4.78, 5) is 4.49. The predicted octanol–water partition coefficient (Wildman–Crippen LogP) is 3.57. The molecule has 20 heavy (non-hydrogen) atoms. The van der Waals surface area contributed by atoms with E-state index in [2.05, 4.69) is 31.4 Å². The number of nitrogens with one attached hydrogen (secondary N) is 1. The van der Waals surface area contributed by atoms with E-state index in [-0.39, 0.29) is 0 Å². The third kappa shape index (κ3) is 3.27. The van der Waals surface area contributed by atoms with Gasteiger partial charge in [0.2, 0.25) is 11.7 Å². The monoisotopic (exact) mass is 335 g/mol. The summed E-state index contributed by atoms with van der Waals surface area (Å²) in [7, 11) is 0. The van der Waals surface area contributed by atoms with Crippen molar-refractivity contribution in [1.82, 2.24) is 15.5 Å². The van der Waals surface area contributed by atoms with E-state index < -0.39 is 0 Å². The van der Waals surface area contributed by atoms with Crippen molar-refractivity contribution in [3.05, 3.63) is 34.6 Å². The Balaban J connectivity index is 1.63. The molecule has 0 bridgehead atoms. The first-order valence-electron chi connectivity index (χ1n) is 7.14. The molecule has 0 radical (unpaired) electrons. The van der Waals surface area contributed by atoms with Crippen LogP contribution in [-0.4, -0.2) is 22.7 Å². The Morgan fingerprint density at radius 2 is 2.20 bits per heavy atom. The molecule has 1 aliphatic rings. The SMILES string of the molecule is Brc1ccccc1-c1noc(CCC2CCCCN2)n1. The van der Waals surface area contributed by atoms with Gasteiger partial charge in [0, 0.05) is 22.5 Å². The maximum atomic E-state index is 5.36. The number of piperidine rings is 1. The van der Waals surface area contributed by atoms with Gasteiger partial charge in [-0.05, 0) is 37.9 Å². The van der Waals surface area contributed by atoms with Gasteiger partial charge in [-0.2, -0.15) is 4.98 Å². The van der Waals surface area contributed by atoms with E-state index in [1.54, 1.807) is 0 Å². The van der Waals surface area contributed by atoms with Gasteiger partial charge < -0.3 is 9.84 Å². The molecule has 5 heteroatoms. The van der Waals surface area contributed by atoms with Gasteiger partial charge >= 0.3 is 0 Å². The molecule has 1 atom stereocenters. The van der Waals surface area contributed by atoms with Gasteiger partial charge in [-0.1, -0.05) is 39.6 Å². The van der Waals surface area contributed by atoms with E-state index in [1.807, 2.05) is 24.3 Å². The van der Waals surface area contributed by atoms with Gasteiger partial charge in [-0.25, -0.2) is 0 Å². The molecule has 106 valence electrons. The molecule has 1 unspecified atom stereocenters. The van der Waals surface area contributed by atoms with E-state index in [0.717, 1.165) is 35.3 Å². The quantitative estimate of drug-likeness (QED) is 0.927. The van der Waals surface area contributed by atoms with Crippen molar-refractivity contribution in [2.45, 2.75) is 38.1 Å². The summed E-state index contributed by atoms with van der Waals surface area (Å²) >= 11 is 3.51. The third-order valence-electron chi connectivity index (χ3n) is 3.70. The van der Waals surface area contributed by atoms with Gasteiger partial charge in [-0.3, -0.25) is 0 Å². The molecule has 1 aliphatic heterocycles. The normalized spacial score (nSPS) is 19.1. The molecule has 0 amide bonds. The lowest BCUT2D eigenvalue weighted by Gasteiger charge is -2.22. The number of nitrogens with zero attached hydrogens (tertiary/aromatic N) is 2. The number of aromatic nitrogens is 2. The Morgan fingerprint density at radius 1 is 1.30 bits per heavy atom. The van der Waals surface area contributed by atoms with Crippen LogP contribution in [0, 0.1) is 0 Å². The van der Waals surface area contributed by atoms with Crippen LogP contribution in [0.15, 0.2) is 33.3 Å². The van der Waals surface area contributed by atoms with E-state index in [0.29, 0.717) is 11.9 Å². The average molecular weight is 336 g/mol. The molecule has 4 nitrogen and oxygen atoms in total. The summed E-state index contributed by atoms with van der Waals surface area (Å²) in [5.41, 5.74) is 0.971. The largest absolute Gasteiger partial charge is 0.339 e. The second-order valence-corrected chi connectivity index (χ2v) is 6.03. The van der Waals surface area contributed by atoms with Crippen molar-refractivity contribution in [1.29, 1.82) is 0 Å². The van der Waals surface area contributed by atoms with Gasteiger partial charge in [0.25, 0.3) is 0 Å². The highest BCUT2D eigenvalue weighted by molar-refractivity contribution is 9.10.